The number of nitrogens with one attached hydrogen (secondary N) is 2. The number of piperazine rings is 1. The number of hydrogen-bond donors (Lipinski definition) is 2. The number of rotatable bonds is 5. The lowest BCUT2D eigenvalue weighted by molar-refractivity contribution is -0.918. The van der Waals surface area contributed by atoms with Crippen LogP contribution < -0.4 is 10.5 Å². The van der Waals surface area contributed by atoms with Crippen LogP contribution in [0.1, 0.15) is 35.5 Å². The summed E-state index contributed by atoms with van der Waals surface area (Å²) >= 11 is 3.42. The third kappa shape index (κ3) is 4.07. The Morgan fingerprint density at radius 2 is 2.07 bits per heavy atom. The maximum absolute atomic E-state index is 12.7. The Hall–Kier alpha value is -1.38. The second-order valence-electron chi connectivity index (χ2n) is 7.45. The molecule has 1 fully saturated rings. The summed E-state index contributed by atoms with van der Waals surface area (Å²) in [6, 6.07) is 0. The molecule has 0 bridgehead atoms. The van der Waals surface area contributed by atoms with E-state index in [0.29, 0.717) is 6.42 Å². The van der Waals surface area contributed by atoms with Gasteiger partial charge in [-0.25, -0.2) is 4.98 Å². The molecule has 27 heavy (non-hydrogen) atoms. The summed E-state index contributed by atoms with van der Waals surface area (Å²) < 4.78 is 0. The van der Waals surface area contributed by atoms with Gasteiger partial charge < -0.3 is 14.8 Å². The fourth-order valence-corrected chi connectivity index (χ4v) is 5.79. The van der Waals surface area contributed by atoms with Crippen molar-refractivity contribution in [2.75, 3.05) is 38.2 Å². The molecule has 4 rings (SSSR count). The molecule has 0 radical (unpaired) electrons. The topological polar surface area (TPSA) is 70.5 Å². The van der Waals surface area contributed by atoms with Gasteiger partial charge in [-0.2, -0.15) is 11.8 Å². The molecule has 2 aromatic rings. The standard InChI is InChI=1S/C19H26N4O2S2/c1-26-11-6-16(24)23-9-7-22(8-10-23)12-15-20-18(25)17-13-4-2-3-5-14(13)27-19(17)21-15/h2-12H2,1H3,(H,20,21,25)/p+1. The molecule has 6 nitrogen and oxygen atoms in total. The number of hydrogen-bond acceptors (Lipinski definition) is 5. The predicted octanol–water partition coefficient (Wildman–Crippen LogP) is 0.844. The SMILES string of the molecule is CSCCC(=O)N1CC[NH+](Cc2nc3sc4c(c3c(=O)[nH]2)CCCC4)CC1. The van der Waals surface area contributed by atoms with Crippen molar-refractivity contribution in [1.82, 2.24) is 14.9 Å². The molecule has 0 aromatic carbocycles. The molecule has 2 N–H and O–H groups in total. The van der Waals surface area contributed by atoms with E-state index in [9.17, 15) is 9.59 Å². The summed E-state index contributed by atoms with van der Waals surface area (Å²) in [7, 11) is 0. The summed E-state index contributed by atoms with van der Waals surface area (Å²) in [5.74, 6) is 1.94. The number of aromatic nitrogens is 2. The molecule has 2 aromatic heterocycles. The Balaban J connectivity index is 1.42. The molecule has 0 unspecified atom stereocenters. The van der Waals surface area contributed by atoms with Gasteiger partial charge in [-0.05, 0) is 37.5 Å². The highest BCUT2D eigenvalue weighted by Gasteiger charge is 2.25. The summed E-state index contributed by atoms with van der Waals surface area (Å²) in [6.45, 7) is 4.13. The monoisotopic (exact) mass is 407 g/mol. The molecule has 0 atom stereocenters. The minimum Gasteiger partial charge on any atom is -0.331 e. The van der Waals surface area contributed by atoms with Crippen molar-refractivity contribution in [1.29, 1.82) is 0 Å². The van der Waals surface area contributed by atoms with Crippen LogP contribution in [0.4, 0.5) is 0 Å². The lowest BCUT2D eigenvalue weighted by atomic mass is 9.97. The predicted molar refractivity (Wildman–Crippen MR) is 111 cm³/mol. The fourth-order valence-electron chi connectivity index (χ4n) is 4.13. The molecular weight excluding hydrogens is 380 g/mol. The van der Waals surface area contributed by atoms with Gasteiger partial charge in [-0.3, -0.25) is 9.59 Å². The summed E-state index contributed by atoms with van der Waals surface area (Å²) in [6.07, 6.45) is 7.15. The van der Waals surface area contributed by atoms with Gasteiger partial charge in [-0.15, -0.1) is 11.3 Å². The van der Waals surface area contributed by atoms with E-state index in [1.165, 1.54) is 28.2 Å². The number of aryl methyl sites for hydroxylation is 2. The zero-order valence-electron chi connectivity index (χ0n) is 15.8. The number of thiophene rings is 1. The van der Waals surface area contributed by atoms with Gasteiger partial charge in [0, 0.05) is 17.1 Å². The van der Waals surface area contributed by atoms with Crippen molar-refractivity contribution in [3.63, 3.8) is 0 Å². The first kappa shape index (κ1) is 19.0. The quantitative estimate of drug-likeness (QED) is 0.771. The van der Waals surface area contributed by atoms with Crippen LogP contribution in [0.15, 0.2) is 4.79 Å². The number of thioether (sulfide) groups is 1. The van der Waals surface area contributed by atoms with Crippen LogP contribution in [0.2, 0.25) is 0 Å². The maximum atomic E-state index is 12.7. The normalized spacial score (nSPS) is 18.0. The van der Waals surface area contributed by atoms with E-state index in [1.807, 2.05) is 11.2 Å². The maximum Gasteiger partial charge on any atom is 0.260 e. The van der Waals surface area contributed by atoms with Crippen LogP contribution in [0, 0.1) is 0 Å². The number of quaternary nitrogens is 1. The zero-order valence-corrected chi connectivity index (χ0v) is 17.4. The first-order chi connectivity index (χ1) is 13.2. The van der Waals surface area contributed by atoms with Crippen LogP contribution in [0.3, 0.4) is 0 Å². The van der Waals surface area contributed by atoms with Crippen LogP contribution in [0.5, 0.6) is 0 Å². The molecule has 1 saturated heterocycles. The van der Waals surface area contributed by atoms with E-state index < -0.39 is 0 Å². The second-order valence-corrected chi connectivity index (χ2v) is 9.52. The van der Waals surface area contributed by atoms with Crippen LogP contribution in [0.25, 0.3) is 10.2 Å². The van der Waals surface area contributed by atoms with Gasteiger partial charge in [0.2, 0.25) is 5.91 Å². The molecular formula is C19H27N4O2S2+. The first-order valence-electron chi connectivity index (χ1n) is 9.79. The highest BCUT2D eigenvalue weighted by molar-refractivity contribution is 7.98. The number of aromatic amines is 1. The minimum atomic E-state index is 0.0275. The number of carbonyl (C=O) groups is 1. The molecule has 0 spiro atoms. The van der Waals surface area contributed by atoms with Crippen molar-refractivity contribution < 1.29 is 9.69 Å². The minimum absolute atomic E-state index is 0.0275. The van der Waals surface area contributed by atoms with Crippen molar-refractivity contribution in [3.05, 3.63) is 26.6 Å². The highest BCUT2D eigenvalue weighted by Crippen LogP contribution is 2.33. The number of nitrogens with zero attached hydrogens (tertiary/aromatic N) is 2. The van der Waals surface area contributed by atoms with E-state index in [0.717, 1.165) is 67.4 Å². The Bertz CT molecular complexity index is 884. The number of amides is 1. The van der Waals surface area contributed by atoms with Crippen LogP contribution in [-0.4, -0.2) is 59.0 Å². The van der Waals surface area contributed by atoms with E-state index in [4.69, 9.17) is 4.98 Å². The Morgan fingerprint density at radius 3 is 2.85 bits per heavy atom. The fraction of sp³-hybridized carbons (Fsp3) is 0.632. The Morgan fingerprint density at radius 1 is 1.30 bits per heavy atom. The van der Waals surface area contributed by atoms with Gasteiger partial charge in [0.05, 0.1) is 31.6 Å². The van der Waals surface area contributed by atoms with Crippen molar-refractivity contribution in [2.24, 2.45) is 0 Å². The molecule has 1 amide bonds. The Kier molecular flexibility index (Phi) is 5.85. The van der Waals surface area contributed by atoms with Gasteiger partial charge in [0.1, 0.15) is 11.4 Å². The van der Waals surface area contributed by atoms with Crippen LogP contribution in [-0.2, 0) is 24.2 Å². The van der Waals surface area contributed by atoms with E-state index in [1.54, 1.807) is 23.1 Å². The van der Waals surface area contributed by atoms with Gasteiger partial charge in [-0.1, -0.05) is 0 Å². The van der Waals surface area contributed by atoms with Gasteiger partial charge >= 0.3 is 0 Å². The van der Waals surface area contributed by atoms with Gasteiger partial charge in [0.15, 0.2) is 5.82 Å². The zero-order chi connectivity index (χ0) is 18.8. The molecule has 1 aliphatic heterocycles. The number of carbonyl (C=O) groups excluding carboxylic acids is 1. The molecule has 1 aliphatic carbocycles. The van der Waals surface area contributed by atoms with E-state index in [-0.39, 0.29) is 11.5 Å². The molecule has 0 saturated carbocycles. The third-order valence-electron chi connectivity index (χ3n) is 5.63. The van der Waals surface area contributed by atoms with Crippen LogP contribution >= 0.6 is 23.1 Å². The number of fused-ring (bicyclic) bond motifs is 3. The van der Waals surface area contributed by atoms with E-state index in [2.05, 4.69) is 4.98 Å². The highest BCUT2D eigenvalue weighted by atomic mass is 32.2. The van der Waals surface area contributed by atoms with Gasteiger partial charge in [0.25, 0.3) is 5.56 Å². The summed E-state index contributed by atoms with van der Waals surface area (Å²) in [5.41, 5.74) is 1.27. The van der Waals surface area contributed by atoms with Crippen molar-refractivity contribution >= 4 is 39.2 Å². The molecule has 146 valence electrons. The largest absolute Gasteiger partial charge is 0.331 e. The van der Waals surface area contributed by atoms with E-state index >= 15 is 0 Å². The second kappa shape index (κ2) is 8.32. The molecule has 2 aliphatic rings. The average Bonchev–Trinajstić information content (AvgIpc) is 3.05. The Labute approximate surface area is 167 Å². The summed E-state index contributed by atoms with van der Waals surface area (Å²) in [4.78, 5) is 38.3. The molecule has 3 heterocycles. The molecule has 8 heteroatoms. The smallest absolute Gasteiger partial charge is 0.260 e. The lowest BCUT2D eigenvalue weighted by Gasteiger charge is -2.32. The first-order valence-corrected chi connectivity index (χ1v) is 12.0. The van der Waals surface area contributed by atoms with Crippen molar-refractivity contribution in [2.45, 2.75) is 38.6 Å². The number of H-pyrrole nitrogens is 1. The summed E-state index contributed by atoms with van der Waals surface area (Å²) in [5, 5.41) is 0.831. The third-order valence-corrected chi connectivity index (χ3v) is 7.43. The van der Waals surface area contributed by atoms with Crippen molar-refractivity contribution in [3.8, 4) is 0 Å². The average molecular weight is 408 g/mol. The lowest BCUT2D eigenvalue weighted by Crippen LogP contribution is -3.13.